The van der Waals surface area contributed by atoms with Gasteiger partial charge in [0, 0.05) is 24.9 Å². The predicted octanol–water partition coefficient (Wildman–Crippen LogP) is 1.21. The van der Waals surface area contributed by atoms with Crippen molar-refractivity contribution in [3.63, 3.8) is 0 Å². The minimum atomic E-state index is -1.00. The molecule has 5 heteroatoms. The maximum atomic E-state index is 13.5. The van der Waals surface area contributed by atoms with Crippen molar-refractivity contribution in [3.05, 3.63) is 0 Å². The van der Waals surface area contributed by atoms with Crippen molar-refractivity contribution in [1.82, 2.24) is 9.80 Å². The summed E-state index contributed by atoms with van der Waals surface area (Å²) < 4.78 is 0. The molecular weight excluding hydrogens is 280 g/mol. The fourth-order valence-corrected chi connectivity index (χ4v) is 6.42. The zero-order chi connectivity index (χ0) is 16.3. The highest BCUT2D eigenvalue weighted by Gasteiger charge is 2.83. The second-order valence-corrected chi connectivity index (χ2v) is 8.66. The van der Waals surface area contributed by atoms with Crippen LogP contribution in [0.3, 0.4) is 0 Å². The number of piperazine rings is 1. The van der Waals surface area contributed by atoms with Gasteiger partial charge in [0.1, 0.15) is 16.9 Å². The van der Waals surface area contributed by atoms with E-state index in [0.717, 1.165) is 12.8 Å². The number of ketones is 1. The first kappa shape index (κ1) is 14.2. The van der Waals surface area contributed by atoms with E-state index in [1.807, 2.05) is 32.6 Å². The van der Waals surface area contributed by atoms with E-state index in [1.165, 1.54) is 0 Å². The molecule has 2 spiro atoms. The van der Waals surface area contributed by atoms with Gasteiger partial charge < -0.3 is 9.80 Å². The number of carbonyl (C=O) groups excluding carboxylic acids is 3. The lowest BCUT2D eigenvalue weighted by molar-refractivity contribution is -0.204. The summed E-state index contributed by atoms with van der Waals surface area (Å²) >= 11 is 0. The van der Waals surface area contributed by atoms with Crippen LogP contribution in [0.1, 0.15) is 47.0 Å². The summed E-state index contributed by atoms with van der Waals surface area (Å²) in [6.45, 7) is 8.27. The van der Waals surface area contributed by atoms with E-state index in [0.29, 0.717) is 13.0 Å². The highest BCUT2D eigenvalue weighted by molar-refractivity contribution is 6.12. The van der Waals surface area contributed by atoms with Crippen molar-refractivity contribution in [2.45, 2.75) is 58.0 Å². The molecule has 0 aromatic heterocycles. The summed E-state index contributed by atoms with van der Waals surface area (Å²) in [5.74, 6) is 0.0648. The summed E-state index contributed by atoms with van der Waals surface area (Å²) in [4.78, 5) is 43.1. The molecule has 5 nitrogen and oxygen atoms in total. The van der Waals surface area contributed by atoms with Crippen molar-refractivity contribution >= 4 is 17.6 Å². The van der Waals surface area contributed by atoms with Gasteiger partial charge in [-0.05, 0) is 19.3 Å². The Bertz CT molecular complexity index is 638. The molecule has 4 heterocycles. The number of fused-ring (bicyclic) bond motifs is 1. The monoisotopic (exact) mass is 304 g/mol. The Balaban J connectivity index is 2.05. The van der Waals surface area contributed by atoms with Crippen LogP contribution in [0.25, 0.3) is 0 Å². The summed E-state index contributed by atoms with van der Waals surface area (Å²) in [7, 11) is 1.74. The largest absolute Gasteiger partial charge is 0.328 e. The Hall–Kier alpha value is -1.39. The Labute approximate surface area is 131 Å². The van der Waals surface area contributed by atoms with Crippen molar-refractivity contribution in [1.29, 1.82) is 0 Å². The average molecular weight is 304 g/mol. The molecule has 22 heavy (non-hydrogen) atoms. The van der Waals surface area contributed by atoms with Gasteiger partial charge in [-0.3, -0.25) is 14.4 Å². The lowest BCUT2D eigenvalue weighted by Crippen LogP contribution is -2.83. The zero-order valence-corrected chi connectivity index (χ0v) is 14.0. The van der Waals surface area contributed by atoms with E-state index >= 15 is 0 Å². The number of nitrogens with zero attached hydrogens (tertiary/aromatic N) is 2. The third-order valence-electron chi connectivity index (χ3n) is 7.31. The molecule has 2 amide bonds. The third-order valence-corrected chi connectivity index (χ3v) is 7.31. The molecule has 0 radical (unpaired) electrons. The SMILES string of the molecule is CN1C(=O)[C@@]23CCCN2C(=O)[C@]12[C@H](C3)C(C)(C)C(=O)C2(C)C. The molecule has 5 rings (SSSR count). The normalized spacial score (nSPS) is 44.6. The molecule has 5 fully saturated rings. The molecule has 0 aromatic carbocycles. The fourth-order valence-electron chi connectivity index (χ4n) is 6.42. The van der Waals surface area contributed by atoms with Crippen molar-refractivity contribution < 1.29 is 14.4 Å². The fraction of sp³-hybridized carbons (Fsp3) is 0.824. The molecule has 5 aliphatic rings. The number of Topliss-reactive ketones (excluding diaryl/α,β-unsaturated/α-hetero) is 1. The second-order valence-electron chi connectivity index (χ2n) is 8.66. The molecule has 3 atom stereocenters. The molecule has 0 N–H and O–H groups in total. The Morgan fingerprint density at radius 2 is 1.68 bits per heavy atom. The second kappa shape index (κ2) is 3.41. The molecule has 2 bridgehead atoms. The molecule has 4 aliphatic heterocycles. The van der Waals surface area contributed by atoms with Crippen LogP contribution in [0.4, 0.5) is 0 Å². The van der Waals surface area contributed by atoms with E-state index in [-0.39, 0.29) is 23.5 Å². The van der Waals surface area contributed by atoms with Crippen molar-refractivity contribution in [2.75, 3.05) is 13.6 Å². The first-order valence-electron chi connectivity index (χ1n) is 8.21. The van der Waals surface area contributed by atoms with Gasteiger partial charge in [-0.25, -0.2) is 0 Å². The summed E-state index contributed by atoms with van der Waals surface area (Å²) in [6.07, 6.45) is 2.26. The average Bonchev–Trinajstić information content (AvgIpc) is 2.92. The van der Waals surface area contributed by atoms with Gasteiger partial charge >= 0.3 is 0 Å². The molecule has 1 saturated carbocycles. The highest BCUT2D eigenvalue weighted by Crippen LogP contribution is 2.68. The molecule has 120 valence electrons. The number of rotatable bonds is 0. The lowest BCUT2D eigenvalue weighted by Gasteiger charge is -2.64. The van der Waals surface area contributed by atoms with Crippen LogP contribution >= 0.6 is 0 Å². The van der Waals surface area contributed by atoms with Crippen LogP contribution in [0.5, 0.6) is 0 Å². The van der Waals surface area contributed by atoms with E-state index < -0.39 is 21.9 Å². The van der Waals surface area contributed by atoms with Gasteiger partial charge in [0.25, 0.3) is 5.91 Å². The first-order chi connectivity index (χ1) is 10.1. The van der Waals surface area contributed by atoms with E-state index in [9.17, 15) is 14.4 Å². The van der Waals surface area contributed by atoms with Crippen LogP contribution in [-0.4, -0.2) is 52.1 Å². The van der Waals surface area contributed by atoms with E-state index in [1.54, 1.807) is 11.9 Å². The Morgan fingerprint density at radius 3 is 2.32 bits per heavy atom. The number of carbonyl (C=O) groups is 3. The number of hydrogen-bond donors (Lipinski definition) is 0. The van der Waals surface area contributed by atoms with Gasteiger partial charge in [0.2, 0.25) is 5.91 Å². The van der Waals surface area contributed by atoms with Crippen LogP contribution in [0, 0.1) is 16.7 Å². The van der Waals surface area contributed by atoms with Crippen LogP contribution < -0.4 is 0 Å². The van der Waals surface area contributed by atoms with Crippen LogP contribution in [-0.2, 0) is 14.4 Å². The van der Waals surface area contributed by atoms with Gasteiger partial charge in [-0.15, -0.1) is 0 Å². The first-order valence-corrected chi connectivity index (χ1v) is 8.21. The number of piperidine rings is 2. The zero-order valence-electron chi connectivity index (χ0n) is 14.0. The smallest absolute Gasteiger partial charge is 0.250 e. The summed E-state index contributed by atoms with van der Waals surface area (Å²) in [5, 5.41) is 0. The van der Waals surface area contributed by atoms with Crippen LogP contribution in [0.2, 0.25) is 0 Å². The Kier molecular flexibility index (Phi) is 2.21. The van der Waals surface area contributed by atoms with E-state index in [4.69, 9.17) is 0 Å². The topological polar surface area (TPSA) is 57.7 Å². The molecule has 1 aliphatic carbocycles. The molecule has 4 saturated heterocycles. The van der Waals surface area contributed by atoms with E-state index in [2.05, 4.69) is 0 Å². The van der Waals surface area contributed by atoms with Gasteiger partial charge in [0.15, 0.2) is 0 Å². The lowest BCUT2D eigenvalue weighted by atomic mass is 9.57. The van der Waals surface area contributed by atoms with Gasteiger partial charge in [0.05, 0.1) is 5.41 Å². The van der Waals surface area contributed by atoms with Gasteiger partial charge in [-0.1, -0.05) is 27.7 Å². The predicted molar refractivity (Wildman–Crippen MR) is 79.9 cm³/mol. The molecule has 0 aromatic rings. The highest BCUT2D eigenvalue weighted by atomic mass is 16.2. The quantitative estimate of drug-likeness (QED) is 0.676. The Morgan fingerprint density at radius 1 is 1.05 bits per heavy atom. The molecule has 0 unspecified atom stereocenters. The van der Waals surface area contributed by atoms with Crippen molar-refractivity contribution in [3.8, 4) is 0 Å². The van der Waals surface area contributed by atoms with Crippen molar-refractivity contribution in [2.24, 2.45) is 16.7 Å². The number of likely N-dealkylation sites (N-methyl/N-ethyl adjacent to an activating group) is 1. The minimum Gasteiger partial charge on any atom is -0.328 e. The number of amides is 2. The van der Waals surface area contributed by atoms with Crippen LogP contribution in [0.15, 0.2) is 0 Å². The maximum absolute atomic E-state index is 13.5. The summed E-state index contributed by atoms with van der Waals surface area (Å²) in [6, 6.07) is 0. The number of hydrogen-bond acceptors (Lipinski definition) is 3. The maximum Gasteiger partial charge on any atom is 0.250 e. The third kappa shape index (κ3) is 1.01. The standard InChI is InChI=1S/C17H24N2O3/c1-14(2)10-9-16-7-6-8-19(16)13(22)17(10,18(5)12(16)21)15(3,4)11(14)20/h10H,6-9H2,1-5H3/t10-,16+,17+/m1/s1. The minimum absolute atomic E-state index is 0.00674. The van der Waals surface area contributed by atoms with Gasteiger partial charge in [-0.2, -0.15) is 0 Å². The summed E-state index contributed by atoms with van der Waals surface area (Å²) in [5.41, 5.74) is -3.11. The molecular formula is C17H24N2O3.